The molecule has 0 saturated heterocycles. The van der Waals surface area contributed by atoms with Crippen LogP contribution in [0.5, 0.6) is 5.75 Å². The summed E-state index contributed by atoms with van der Waals surface area (Å²) < 4.78 is 43.2. The standard InChI is InChI=1S/C21H23F3N6O/c1-15-26-9-10-30(15)19-8-5-17(12-27-19)13-29-20(25-2)28-11-16-3-6-18(7-4-16)31-14-21(22,23)24/h3-10,12H,11,13-14H2,1-2H3,(H2,25,28,29). The molecule has 0 aliphatic heterocycles. The van der Waals surface area contributed by atoms with Crippen LogP contribution in [0, 0.1) is 6.92 Å². The smallest absolute Gasteiger partial charge is 0.422 e. The topological polar surface area (TPSA) is 76.4 Å². The highest BCUT2D eigenvalue weighted by Crippen LogP contribution is 2.18. The van der Waals surface area contributed by atoms with Crippen molar-refractivity contribution in [1.82, 2.24) is 25.2 Å². The number of hydrogen-bond donors (Lipinski definition) is 2. The molecule has 2 N–H and O–H groups in total. The number of aryl methyl sites for hydroxylation is 1. The molecule has 31 heavy (non-hydrogen) atoms. The molecule has 3 aromatic rings. The van der Waals surface area contributed by atoms with E-state index in [4.69, 9.17) is 4.74 Å². The summed E-state index contributed by atoms with van der Waals surface area (Å²) >= 11 is 0. The Morgan fingerprint density at radius 3 is 2.26 bits per heavy atom. The fraction of sp³-hybridized carbons (Fsp3) is 0.286. The van der Waals surface area contributed by atoms with Crippen LogP contribution in [0.2, 0.25) is 0 Å². The number of aliphatic imine (C=N–C) groups is 1. The highest BCUT2D eigenvalue weighted by molar-refractivity contribution is 5.79. The minimum Gasteiger partial charge on any atom is -0.484 e. The highest BCUT2D eigenvalue weighted by Gasteiger charge is 2.28. The molecule has 2 heterocycles. The molecule has 0 atom stereocenters. The molecule has 10 heteroatoms. The Bertz CT molecular complexity index is 997. The quantitative estimate of drug-likeness (QED) is 0.442. The Morgan fingerprint density at radius 2 is 1.71 bits per heavy atom. The van der Waals surface area contributed by atoms with Crippen molar-refractivity contribution in [3.63, 3.8) is 0 Å². The average Bonchev–Trinajstić information content (AvgIpc) is 3.19. The van der Waals surface area contributed by atoms with E-state index < -0.39 is 12.8 Å². The minimum absolute atomic E-state index is 0.172. The first-order valence-corrected chi connectivity index (χ1v) is 9.52. The number of benzene rings is 1. The molecule has 0 bridgehead atoms. The van der Waals surface area contributed by atoms with Crippen molar-refractivity contribution in [2.45, 2.75) is 26.2 Å². The van der Waals surface area contributed by atoms with Gasteiger partial charge >= 0.3 is 6.18 Å². The zero-order valence-electron chi connectivity index (χ0n) is 17.1. The Balaban J connectivity index is 1.47. The molecule has 2 aromatic heterocycles. The summed E-state index contributed by atoms with van der Waals surface area (Å²) in [5.74, 6) is 2.42. The van der Waals surface area contributed by atoms with Gasteiger partial charge in [0.1, 0.15) is 17.4 Å². The third-order valence-electron chi connectivity index (χ3n) is 4.35. The van der Waals surface area contributed by atoms with Gasteiger partial charge in [-0.05, 0) is 36.2 Å². The SMILES string of the molecule is CN=C(NCc1ccc(OCC(F)(F)F)cc1)NCc1ccc(-n2ccnc2C)nc1. The van der Waals surface area contributed by atoms with Crippen molar-refractivity contribution in [3.8, 4) is 11.6 Å². The van der Waals surface area contributed by atoms with Crippen LogP contribution in [0.4, 0.5) is 13.2 Å². The lowest BCUT2D eigenvalue weighted by Gasteiger charge is -2.13. The van der Waals surface area contributed by atoms with E-state index in [1.807, 2.05) is 29.8 Å². The van der Waals surface area contributed by atoms with E-state index in [1.54, 1.807) is 31.6 Å². The van der Waals surface area contributed by atoms with Gasteiger partial charge in [0.2, 0.25) is 0 Å². The maximum Gasteiger partial charge on any atom is 0.422 e. The minimum atomic E-state index is -4.35. The number of hydrogen-bond acceptors (Lipinski definition) is 4. The summed E-state index contributed by atoms with van der Waals surface area (Å²) in [7, 11) is 1.66. The van der Waals surface area contributed by atoms with Gasteiger partial charge in [-0.15, -0.1) is 0 Å². The third-order valence-corrected chi connectivity index (χ3v) is 4.35. The molecule has 0 fully saturated rings. The zero-order chi connectivity index (χ0) is 22.3. The second-order valence-corrected chi connectivity index (χ2v) is 6.70. The molecule has 0 spiro atoms. The van der Waals surface area contributed by atoms with Crippen LogP contribution in [0.25, 0.3) is 5.82 Å². The number of halogens is 3. The van der Waals surface area contributed by atoms with Gasteiger partial charge in [-0.1, -0.05) is 18.2 Å². The molecule has 0 radical (unpaired) electrons. The van der Waals surface area contributed by atoms with Crippen LogP contribution in [-0.4, -0.2) is 40.3 Å². The van der Waals surface area contributed by atoms with E-state index in [0.29, 0.717) is 19.0 Å². The largest absolute Gasteiger partial charge is 0.484 e. The number of alkyl halides is 3. The zero-order valence-corrected chi connectivity index (χ0v) is 17.1. The van der Waals surface area contributed by atoms with Crippen LogP contribution in [0.1, 0.15) is 17.0 Å². The van der Waals surface area contributed by atoms with E-state index in [0.717, 1.165) is 22.8 Å². The number of ether oxygens (including phenoxy) is 1. The third kappa shape index (κ3) is 6.73. The molecule has 0 amide bonds. The number of guanidine groups is 1. The lowest BCUT2D eigenvalue weighted by atomic mass is 10.2. The predicted molar refractivity (Wildman–Crippen MR) is 111 cm³/mol. The van der Waals surface area contributed by atoms with Crippen molar-refractivity contribution in [2.75, 3.05) is 13.7 Å². The Labute approximate surface area is 178 Å². The number of nitrogens with zero attached hydrogens (tertiary/aromatic N) is 4. The number of aromatic nitrogens is 3. The number of pyridine rings is 1. The van der Waals surface area contributed by atoms with Crippen LogP contribution < -0.4 is 15.4 Å². The lowest BCUT2D eigenvalue weighted by Crippen LogP contribution is -2.36. The fourth-order valence-electron chi connectivity index (χ4n) is 2.74. The van der Waals surface area contributed by atoms with Gasteiger partial charge < -0.3 is 15.4 Å². The monoisotopic (exact) mass is 432 g/mol. The van der Waals surface area contributed by atoms with Crippen LogP contribution in [-0.2, 0) is 13.1 Å². The maximum absolute atomic E-state index is 12.2. The van der Waals surface area contributed by atoms with Crippen LogP contribution >= 0.6 is 0 Å². The van der Waals surface area contributed by atoms with Crippen molar-refractivity contribution in [2.24, 2.45) is 4.99 Å². The molecule has 1 aromatic carbocycles. The van der Waals surface area contributed by atoms with E-state index in [-0.39, 0.29) is 5.75 Å². The molecule has 3 rings (SSSR count). The van der Waals surface area contributed by atoms with Crippen LogP contribution in [0.15, 0.2) is 60.0 Å². The van der Waals surface area contributed by atoms with Gasteiger partial charge in [-0.25, -0.2) is 9.97 Å². The summed E-state index contributed by atoms with van der Waals surface area (Å²) in [6, 6.07) is 10.3. The van der Waals surface area contributed by atoms with Crippen molar-refractivity contribution in [3.05, 3.63) is 71.9 Å². The average molecular weight is 432 g/mol. The van der Waals surface area contributed by atoms with Gasteiger partial charge in [0.05, 0.1) is 0 Å². The molecular formula is C21H23F3N6O. The second kappa shape index (κ2) is 9.96. The Kier molecular flexibility index (Phi) is 7.11. The lowest BCUT2D eigenvalue weighted by molar-refractivity contribution is -0.153. The van der Waals surface area contributed by atoms with Crippen molar-refractivity contribution < 1.29 is 17.9 Å². The maximum atomic E-state index is 12.2. The molecule has 164 valence electrons. The molecular weight excluding hydrogens is 409 g/mol. The first-order valence-electron chi connectivity index (χ1n) is 9.52. The molecule has 0 aliphatic carbocycles. The van der Waals surface area contributed by atoms with Crippen molar-refractivity contribution >= 4 is 5.96 Å². The van der Waals surface area contributed by atoms with E-state index in [9.17, 15) is 13.2 Å². The first kappa shape index (κ1) is 22.1. The number of rotatable bonds is 7. The summed E-state index contributed by atoms with van der Waals surface area (Å²) in [6.07, 6.45) is 1.02. The summed E-state index contributed by atoms with van der Waals surface area (Å²) in [5.41, 5.74) is 1.86. The van der Waals surface area contributed by atoms with E-state index in [1.165, 1.54) is 12.1 Å². The first-order chi connectivity index (χ1) is 14.8. The van der Waals surface area contributed by atoms with Gasteiger partial charge in [0, 0.05) is 38.7 Å². The van der Waals surface area contributed by atoms with Gasteiger partial charge in [-0.3, -0.25) is 9.56 Å². The summed E-state index contributed by atoms with van der Waals surface area (Å²) in [6.45, 7) is 1.59. The summed E-state index contributed by atoms with van der Waals surface area (Å²) in [5, 5.41) is 6.36. The normalized spacial score (nSPS) is 12.0. The highest BCUT2D eigenvalue weighted by atomic mass is 19.4. The molecule has 0 saturated carbocycles. The molecule has 0 aliphatic rings. The van der Waals surface area contributed by atoms with E-state index in [2.05, 4.69) is 25.6 Å². The number of nitrogens with one attached hydrogen (secondary N) is 2. The van der Waals surface area contributed by atoms with Gasteiger partial charge in [-0.2, -0.15) is 13.2 Å². The van der Waals surface area contributed by atoms with Gasteiger partial charge in [0.15, 0.2) is 12.6 Å². The second-order valence-electron chi connectivity index (χ2n) is 6.70. The molecule has 0 unspecified atom stereocenters. The summed E-state index contributed by atoms with van der Waals surface area (Å²) in [4.78, 5) is 12.8. The van der Waals surface area contributed by atoms with Gasteiger partial charge in [0.25, 0.3) is 0 Å². The van der Waals surface area contributed by atoms with Crippen molar-refractivity contribution in [1.29, 1.82) is 0 Å². The number of imidazole rings is 1. The molecule has 7 nitrogen and oxygen atoms in total. The van der Waals surface area contributed by atoms with E-state index >= 15 is 0 Å². The fourth-order valence-corrected chi connectivity index (χ4v) is 2.74. The Hall–Kier alpha value is -3.56. The van der Waals surface area contributed by atoms with Crippen LogP contribution in [0.3, 0.4) is 0 Å². The Morgan fingerprint density at radius 1 is 1.03 bits per heavy atom. The predicted octanol–water partition coefficient (Wildman–Crippen LogP) is 3.38.